The number of hydrogen-bond donors (Lipinski definition) is 1. The quantitative estimate of drug-likeness (QED) is 0.476. The van der Waals surface area contributed by atoms with Crippen LogP contribution < -0.4 is 14.8 Å². The van der Waals surface area contributed by atoms with E-state index in [1.54, 1.807) is 19.4 Å². The molecule has 0 aliphatic heterocycles. The van der Waals surface area contributed by atoms with E-state index in [4.69, 9.17) is 21.1 Å². The molecule has 1 heterocycles. The number of methoxy groups -OCH3 is 1. The van der Waals surface area contributed by atoms with Crippen molar-refractivity contribution in [3.8, 4) is 11.5 Å². The van der Waals surface area contributed by atoms with E-state index in [-0.39, 0.29) is 12.4 Å². The number of pyridine rings is 1. The standard InChI is InChI=1S/C21H19BrClFN2O2/c1-27-20-7-16(12-26-11-14-3-2-6-25-10-14)18(22)9-21(20)28-13-15-4-5-17(24)8-19(15)23/h2-10,26H,11-13H2,1H3. The zero-order valence-electron chi connectivity index (χ0n) is 15.2. The Kier molecular flexibility index (Phi) is 7.25. The summed E-state index contributed by atoms with van der Waals surface area (Å²) in [5.41, 5.74) is 2.85. The van der Waals surface area contributed by atoms with Crippen LogP contribution in [-0.4, -0.2) is 12.1 Å². The molecule has 0 unspecified atom stereocenters. The number of nitrogens with one attached hydrogen (secondary N) is 1. The Morgan fingerprint density at radius 1 is 1.11 bits per heavy atom. The van der Waals surface area contributed by atoms with Crippen molar-refractivity contribution in [2.45, 2.75) is 19.7 Å². The predicted molar refractivity (Wildman–Crippen MR) is 111 cm³/mol. The molecule has 0 fully saturated rings. The molecule has 2 aromatic carbocycles. The Balaban J connectivity index is 1.66. The number of rotatable bonds is 8. The minimum atomic E-state index is -0.378. The number of nitrogens with zero attached hydrogens (tertiary/aromatic N) is 1. The van der Waals surface area contributed by atoms with Crippen molar-refractivity contribution in [3.05, 3.63) is 86.9 Å². The first-order valence-corrected chi connectivity index (χ1v) is 9.76. The van der Waals surface area contributed by atoms with Gasteiger partial charge in [-0.2, -0.15) is 0 Å². The molecule has 1 N–H and O–H groups in total. The van der Waals surface area contributed by atoms with Gasteiger partial charge in [0.1, 0.15) is 12.4 Å². The molecule has 7 heteroatoms. The Labute approximate surface area is 176 Å². The fourth-order valence-corrected chi connectivity index (χ4v) is 3.31. The predicted octanol–water partition coefficient (Wildman–Crippen LogP) is 5.51. The Morgan fingerprint density at radius 3 is 2.68 bits per heavy atom. The van der Waals surface area contributed by atoms with Gasteiger partial charge in [-0.15, -0.1) is 0 Å². The molecule has 0 saturated carbocycles. The summed E-state index contributed by atoms with van der Waals surface area (Å²) in [6.45, 7) is 1.57. The molecule has 0 saturated heterocycles. The molecule has 146 valence electrons. The van der Waals surface area contributed by atoms with Crippen LogP contribution in [0.2, 0.25) is 5.02 Å². The summed E-state index contributed by atoms with van der Waals surface area (Å²) >= 11 is 9.64. The highest BCUT2D eigenvalue weighted by Gasteiger charge is 2.12. The Bertz CT molecular complexity index is 941. The minimum Gasteiger partial charge on any atom is -0.493 e. The van der Waals surface area contributed by atoms with Crippen molar-refractivity contribution >= 4 is 27.5 Å². The summed E-state index contributed by atoms with van der Waals surface area (Å²) in [6, 6.07) is 11.9. The van der Waals surface area contributed by atoms with Gasteiger partial charge in [-0.25, -0.2) is 4.39 Å². The van der Waals surface area contributed by atoms with Crippen LogP contribution in [0.5, 0.6) is 11.5 Å². The summed E-state index contributed by atoms with van der Waals surface area (Å²) < 4.78 is 25.4. The number of aromatic nitrogens is 1. The lowest BCUT2D eigenvalue weighted by atomic mass is 10.2. The number of hydrogen-bond acceptors (Lipinski definition) is 4. The van der Waals surface area contributed by atoms with Crippen molar-refractivity contribution in [3.63, 3.8) is 0 Å². The maximum Gasteiger partial charge on any atom is 0.162 e. The van der Waals surface area contributed by atoms with Crippen molar-refractivity contribution < 1.29 is 13.9 Å². The fourth-order valence-electron chi connectivity index (χ4n) is 2.62. The van der Waals surface area contributed by atoms with Crippen LogP contribution in [0.3, 0.4) is 0 Å². The van der Waals surface area contributed by atoms with Crippen molar-refractivity contribution in [1.29, 1.82) is 0 Å². The highest BCUT2D eigenvalue weighted by molar-refractivity contribution is 9.10. The second kappa shape index (κ2) is 9.87. The topological polar surface area (TPSA) is 43.4 Å². The zero-order valence-corrected chi connectivity index (χ0v) is 17.6. The van der Waals surface area contributed by atoms with Crippen LogP contribution in [0.25, 0.3) is 0 Å². The molecule has 0 radical (unpaired) electrons. The molecule has 0 bridgehead atoms. The zero-order chi connectivity index (χ0) is 19.9. The van der Waals surface area contributed by atoms with E-state index in [0.717, 1.165) is 15.6 Å². The van der Waals surface area contributed by atoms with E-state index in [0.29, 0.717) is 35.2 Å². The third-order valence-electron chi connectivity index (χ3n) is 4.10. The van der Waals surface area contributed by atoms with Crippen LogP contribution in [0.15, 0.2) is 59.3 Å². The first kappa shape index (κ1) is 20.6. The van der Waals surface area contributed by atoms with Crippen LogP contribution in [0, 0.1) is 5.82 Å². The minimum absolute atomic E-state index is 0.209. The van der Waals surface area contributed by atoms with E-state index in [9.17, 15) is 4.39 Å². The van der Waals surface area contributed by atoms with Crippen molar-refractivity contribution in [1.82, 2.24) is 10.3 Å². The van der Waals surface area contributed by atoms with Gasteiger partial charge in [-0.1, -0.05) is 39.7 Å². The second-order valence-corrected chi connectivity index (χ2v) is 7.35. The van der Waals surface area contributed by atoms with E-state index in [1.807, 2.05) is 30.5 Å². The van der Waals surface area contributed by atoms with E-state index < -0.39 is 0 Å². The van der Waals surface area contributed by atoms with Gasteiger partial charge in [0.15, 0.2) is 11.5 Å². The van der Waals surface area contributed by atoms with E-state index >= 15 is 0 Å². The Hall–Kier alpha value is -2.15. The fraction of sp³-hybridized carbons (Fsp3) is 0.190. The number of benzene rings is 2. The highest BCUT2D eigenvalue weighted by atomic mass is 79.9. The summed E-state index contributed by atoms with van der Waals surface area (Å²) in [7, 11) is 1.59. The van der Waals surface area contributed by atoms with Gasteiger partial charge >= 0.3 is 0 Å². The normalized spacial score (nSPS) is 10.7. The third kappa shape index (κ3) is 5.44. The molecular formula is C21H19BrClFN2O2. The van der Waals surface area contributed by atoms with Crippen molar-refractivity contribution in [2.75, 3.05) is 7.11 Å². The lowest BCUT2D eigenvalue weighted by Gasteiger charge is -2.15. The maximum absolute atomic E-state index is 13.2. The molecule has 0 amide bonds. The van der Waals surface area contributed by atoms with Gasteiger partial charge in [0, 0.05) is 35.5 Å². The maximum atomic E-state index is 13.2. The molecule has 3 rings (SSSR count). The summed E-state index contributed by atoms with van der Waals surface area (Å²) in [4.78, 5) is 4.11. The van der Waals surface area contributed by atoms with Crippen LogP contribution in [-0.2, 0) is 19.7 Å². The average molecular weight is 466 g/mol. The first-order chi connectivity index (χ1) is 13.6. The van der Waals surface area contributed by atoms with Gasteiger partial charge < -0.3 is 14.8 Å². The largest absolute Gasteiger partial charge is 0.493 e. The van der Waals surface area contributed by atoms with Crippen LogP contribution in [0.4, 0.5) is 4.39 Å². The smallest absolute Gasteiger partial charge is 0.162 e. The van der Waals surface area contributed by atoms with Gasteiger partial charge in [0.05, 0.1) is 12.1 Å². The molecule has 0 aliphatic carbocycles. The average Bonchev–Trinajstić information content (AvgIpc) is 2.69. The van der Waals surface area contributed by atoms with E-state index in [2.05, 4.69) is 26.2 Å². The van der Waals surface area contributed by atoms with Crippen LogP contribution in [0.1, 0.15) is 16.7 Å². The van der Waals surface area contributed by atoms with E-state index in [1.165, 1.54) is 12.1 Å². The summed E-state index contributed by atoms with van der Waals surface area (Å²) in [5.74, 6) is 0.808. The van der Waals surface area contributed by atoms with Crippen LogP contribution >= 0.6 is 27.5 Å². The molecule has 3 aromatic rings. The molecular weight excluding hydrogens is 447 g/mol. The number of halogens is 3. The van der Waals surface area contributed by atoms with Gasteiger partial charge in [0.25, 0.3) is 0 Å². The van der Waals surface area contributed by atoms with Crippen molar-refractivity contribution in [2.24, 2.45) is 0 Å². The molecule has 0 spiro atoms. The van der Waals surface area contributed by atoms with Gasteiger partial charge in [-0.05, 0) is 41.5 Å². The molecule has 0 aliphatic rings. The molecule has 28 heavy (non-hydrogen) atoms. The third-order valence-corrected chi connectivity index (χ3v) is 5.19. The molecule has 1 aromatic heterocycles. The van der Waals surface area contributed by atoms with Gasteiger partial charge in [-0.3, -0.25) is 4.98 Å². The Morgan fingerprint density at radius 2 is 1.96 bits per heavy atom. The van der Waals surface area contributed by atoms with Gasteiger partial charge in [0.2, 0.25) is 0 Å². The lowest BCUT2D eigenvalue weighted by Crippen LogP contribution is -2.13. The highest BCUT2D eigenvalue weighted by Crippen LogP contribution is 2.34. The summed E-state index contributed by atoms with van der Waals surface area (Å²) in [6.07, 6.45) is 3.59. The summed E-state index contributed by atoms with van der Waals surface area (Å²) in [5, 5.41) is 3.71. The second-order valence-electron chi connectivity index (χ2n) is 6.08. The first-order valence-electron chi connectivity index (χ1n) is 8.59. The molecule has 4 nitrogen and oxygen atoms in total. The monoisotopic (exact) mass is 464 g/mol. The molecule has 0 atom stereocenters. The lowest BCUT2D eigenvalue weighted by molar-refractivity contribution is 0.284. The number of ether oxygens (including phenoxy) is 2. The SMILES string of the molecule is COc1cc(CNCc2cccnc2)c(Br)cc1OCc1ccc(F)cc1Cl.